The second-order valence-corrected chi connectivity index (χ2v) is 7.35. The number of carbonyl (C=O) groups is 1. The van der Waals surface area contributed by atoms with Gasteiger partial charge in [-0.25, -0.2) is 0 Å². The minimum atomic E-state index is -1.11. The second kappa shape index (κ2) is 8.89. The lowest BCUT2D eigenvalue weighted by atomic mass is 10.0. The highest BCUT2D eigenvalue weighted by atomic mass is 32.2. The third-order valence-corrected chi connectivity index (χ3v) is 5.72. The van der Waals surface area contributed by atoms with Crippen molar-refractivity contribution >= 4 is 22.8 Å². The van der Waals surface area contributed by atoms with Gasteiger partial charge >= 0.3 is 5.97 Å². The molecule has 0 saturated heterocycles. The van der Waals surface area contributed by atoms with Crippen LogP contribution in [0.2, 0.25) is 0 Å². The minimum absolute atomic E-state index is 0.117. The summed E-state index contributed by atoms with van der Waals surface area (Å²) in [6.07, 6.45) is 7.47. The first-order chi connectivity index (χ1) is 10.7. The predicted octanol–water partition coefficient (Wildman–Crippen LogP) is 4.06. The van der Waals surface area contributed by atoms with Crippen molar-refractivity contribution in [2.45, 2.75) is 50.7 Å². The van der Waals surface area contributed by atoms with Crippen molar-refractivity contribution in [3.63, 3.8) is 0 Å². The summed E-state index contributed by atoms with van der Waals surface area (Å²) in [7, 11) is -1.11. The molecule has 0 amide bonds. The van der Waals surface area contributed by atoms with E-state index in [-0.39, 0.29) is 17.6 Å². The smallest absolute Gasteiger partial charge is 0.310 e. The van der Waals surface area contributed by atoms with Crippen molar-refractivity contribution < 1.29 is 13.7 Å². The number of hydrogen-bond donors (Lipinski definition) is 0. The molecule has 22 heavy (non-hydrogen) atoms. The molecule has 3 nitrogen and oxygen atoms in total. The predicted molar refractivity (Wildman–Crippen MR) is 90.7 cm³/mol. The van der Waals surface area contributed by atoms with Gasteiger partial charge in [-0.1, -0.05) is 49.6 Å². The van der Waals surface area contributed by atoms with Crippen molar-refractivity contribution in [3.05, 3.63) is 40.8 Å². The first-order valence-electron chi connectivity index (χ1n) is 8.02. The van der Waals surface area contributed by atoms with E-state index >= 15 is 0 Å². The van der Waals surface area contributed by atoms with Crippen LogP contribution >= 0.6 is 0 Å². The molecule has 120 valence electrons. The van der Waals surface area contributed by atoms with Gasteiger partial charge in [0.1, 0.15) is 0 Å². The van der Waals surface area contributed by atoms with E-state index in [1.54, 1.807) is 6.92 Å². The highest BCUT2D eigenvalue weighted by molar-refractivity contribution is 7.89. The summed E-state index contributed by atoms with van der Waals surface area (Å²) < 4.78 is 17.9. The molecule has 4 heteroatoms. The van der Waals surface area contributed by atoms with Gasteiger partial charge in [-0.2, -0.15) is 0 Å². The molecule has 1 saturated carbocycles. The first-order valence-corrected chi connectivity index (χ1v) is 9.24. The fourth-order valence-corrected chi connectivity index (χ4v) is 4.46. The maximum absolute atomic E-state index is 12.9. The summed E-state index contributed by atoms with van der Waals surface area (Å²) in [4.78, 5) is 12.5. The van der Waals surface area contributed by atoms with Crippen LogP contribution in [-0.2, 0) is 20.3 Å². The van der Waals surface area contributed by atoms with Crippen LogP contribution in [0.3, 0.4) is 0 Å². The number of rotatable bonds is 6. The zero-order valence-electron chi connectivity index (χ0n) is 13.1. The Labute approximate surface area is 135 Å². The number of carbonyl (C=O) groups excluding carboxylic acids is 1. The fraction of sp³-hybridized carbons (Fsp3) is 0.500. The molecular weight excluding hydrogens is 296 g/mol. The Morgan fingerprint density at radius 1 is 1.23 bits per heavy atom. The van der Waals surface area contributed by atoms with E-state index < -0.39 is 10.8 Å². The maximum atomic E-state index is 12.9. The third-order valence-electron chi connectivity index (χ3n) is 3.86. The molecule has 0 bridgehead atoms. The lowest BCUT2D eigenvalue weighted by molar-refractivity contribution is -0.142. The molecule has 0 heterocycles. The van der Waals surface area contributed by atoms with E-state index in [0.717, 1.165) is 31.2 Å². The topological polar surface area (TPSA) is 43.4 Å². The Morgan fingerprint density at radius 3 is 2.55 bits per heavy atom. The van der Waals surface area contributed by atoms with Crippen molar-refractivity contribution in [1.82, 2.24) is 0 Å². The number of esters is 1. The highest BCUT2D eigenvalue weighted by Gasteiger charge is 2.24. The van der Waals surface area contributed by atoms with Gasteiger partial charge in [-0.3, -0.25) is 9.00 Å². The van der Waals surface area contributed by atoms with E-state index in [2.05, 4.69) is 0 Å². The SMILES string of the molecule is CCOC(=O)C/C(=C\c1ccccc1)[S@](=O)C1CCCCC1. The molecule has 0 unspecified atom stereocenters. The molecule has 0 aliphatic heterocycles. The molecule has 1 aliphatic carbocycles. The van der Waals surface area contributed by atoms with Crippen LogP contribution in [-0.4, -0.2) is 22.0 Å². The summed E-state index contributed by atoms with van der Waals surface area (Å²) in [6.45, 7) is 2.14. The Bertz CT molecular complexity index is 531. The number of benzene rings is 1. The standard InChI is InChI=1S/C18H24O3S/c1-2-21-18(19)14-17(13-15-9-5-3-6-10-15)22(20)16-11-7-4-8-12-16/h3,5-6,9-10,13,16H,2,4,7-8,11-12,14H2,1H3/b17-13+/t22-/m1/s1. The molecule has 0 aromatic heterocycles. The van der Waals surface area contributed by atoms with Crippen LogP contribution in [0.4, 0.5) is 0 Å². The van der Waals surface area contributed by atoms with Gasteiger partial charge in [0.2, 0.25) is 0 Å². The Hall–Kier alpha value is -1.42. The summed E-state index contributed by atoms with van der Waals surface area (Å²) >= 11 is 0. The van der Waals surface area contributed by atoms with Crippen LogP contribution in [0.25, 0.3) is 6.08 Å². The van der Waals surface area contributed by atoms with Crippen molar-refractivity contribution in [2.75, 3.05) is 6.61 Å². The quantitative estimate of drug-likeness (QED) is 0.742. The molecular formula is C18H24O3S. The van der Waals surface area contributed by atoms with Crippen LogP contribution < -0.4 is 0 Å². The van der Waals surface area contributed by atoms with Gasteiger partial charge in [0.25, 0.3) is 0 Å². The second-order valence-electron chi connectivity index (χ2n) is 5.56. The lowest BCUT2D eigenvalue weighted by Gasteiger charge is -2.22. The molecule has 0 spiro atoms. The van der Waals surface area contributed by atoms with E-state index in [1.165, 1.54) is 6.42 Å². The molecule has 1 aromatic rings. The van der Waals surface area contributed by atoms with Gasteiger partial charge in [-0.15, -0.1) is 0 Å². The zero-order valence-corrected chi connectivity index (χ0v) is 13.9. The summed E-state index contributed by atoms with van der Waals surface area (Å²) in [6, 6.07) is 9.75. The largest absolute Gasteiger partial charge is 0.466 e. The first kappa shape index (κ1) is 16.9. The fourth-order valence-electron chi connectivity index (χ4n) is 2.76. The third kappa shape index (κ3) is 5.09. The van der Waals surface area contributed by atoms with Crippen molar-refractivity contribution in [1.29, 1.82) is 0 Å². The van der Waals surface area contributed by atoms with Gasteiger partial charge < -0.3 is 4.74 Å². The van der Waals surface area contributed by atoms with Crippen LogP contribution in [0.15, 0.2) is 35.2 Å². The molecule has 2 rings (SSSR count). The average Bonchev–Trinajstić information content (AvgIpc) is 2.55. The normalized spacial score (nSPS) is 18.0. The zero-order chi connectivity index (χ0) is 15.8. The van der Waals surface area contributed by atoms with E-state index in [0.29, 0.717) is 11.5 Å². The number of hydrogen-bond acceptors (Lipinski definition) is 3. The van der Waals surface area contributed by atoms with Crippen molar-refractivity contribution in [3.8, 4) is 0 Å². The van der Waals surface area contributed by atoms with E-state index in [9.17, 15) is 9.00 Å². The minimum Gasteiger partial charge on any atom is -0.466 e. The van der Waals surface area contributed by atoms with Gasteiger partial charge in [-0.05, 0) is 31.4 Å². The molecule has 0 N–H and O–H groups in total. The van der Waals surface area contributed by atoms with E-state index in [1.807, 2.05) is 36.4 Å². The summed E-state index contributed by atoms with van der Waals surface area (Å²) in [5.41, 5.74) is 0.978. The average molecular weight is 320 g/mol. The van der Waals surface area contributed by atoms with Crippen LogP contribution in [0.5, 0.6) is 0 Å². The molecule has 0 radical (unpaired) electrons. The molecule has 1 atom stereocenters. The monoisotopic (exact) mass is 320 g/mol. The highest BCUT2D eigenvalue weighted by Crippen LogP contribution is 2.27. The molecule has 1 fully saturated rings. The Morgan fingerprint density at radius 2 is 1.91 bits per heavy atom. The lowest BCUT2D eigenvalue weighted by Crippen LogP contribution is -2.21. The van der Waals surface area contributed by atoms with E-state index in [4.69, 9.17) is 4.74 Å². The van der Waals surface area contributed by atoms with Crippen molar-refractivity contribution in [2.24, 2.45) is 0 Å². The van der Waals surface area contributed by atoms with Gasteiger partial charge in [0.05, 0.1) is 23.8 Å². The maximum Gasteiger partial charge on any atom is 0.310 e. The molecule has 1 aliphatic rings. The number of ether oxygens (including phenoxy) is 1. The van der Waals surface area contributed by atoms with Gasteiger partial charge in [0, 0.05) is 10.2 Å². The summed E-state index contributed by atoms with van der Waals surface area (Å²) in [5, 5.41) is 0.179. The summed E-state index contributed by atoms with van der Waals surface area (Å²) in [5.74, 6) is -0.297. The molecule has 1 aromatic carbocycles. The van der Waals surface area contributed by atoms with Crippen LogP contribution in [0.1, 0.15) is 51.0 Å². The Balaban J connectivity index is 2.18. The Kier molecular flexibility index (Phi) is 6.84. The van der Waals surface area contributed by atoms with Gasteiger partial charge in [0.15, 0.2) is 0 Å². The van der Waals surface area contributed by atoms with Crippen LogP contribution in [0, 0.1) is 0 Å².